The average Bonchev–Trinajstić information content (AvgIpc) is 2.42. The summed E-state index contributed by atoms with van der Waals surface area (Å²) in [5.74, 6) is -0.966. The van der Waals surface area contributed by atoms with Gasteiger partial charge in [-0.3, -0.25) is 0 Å². The van der Waals surface area contributed by atoms with Crippen molar-refractivity contribution < 1.29 is 19.1 Å². The SMILES string of the molecule is C[C@H](S)COC(=O)c1cccc(C(=O)OC[C@@H](C)S)c1. The van der Waals surface area contributed by atoms with Gasteiger partial charge in [0, 0.05) is 10.5 Å². The Morgan fingerprint density at radius 2 is 1.40 bits per heavy atom. The highest BCUT2D eigenvalue weighted by Gasteiger charge is 2.13. The lowest BCUT2D eigenvalue weighted by Crippen LogP contribution is -2.14. The number of thiol groups is 2. The van der Waals surface area contributed by atoms with E-state index in [4.69, 9.17) is 9.47 Å². The van der Waals surface area contributed by atoms with Crippen LogP contribution >= 0.6 is 25.3 Å². The summed E-state index contributed by atoms with van der Waals surface area (Å²) in [6.45, 7) is 4.08. The van der Waals surface area contributed by atoms with Crippen LogP contribution in [-0.2, 0) is 9.47 Å². The normalized spacial score (nSPS) is 13.4. The molecule has 0 amide bonds. The molecule has 0 N–H and O–H groups in total. The molecule has 0 aliphatic carbocycles. The predicted molar refractivity (Wildman–Crippen MR) is 83.9 cm³/mol. The summed E-state index contributed by atoms with van der Waals surface area (Å²) < 4.78 is 10.1. The number of ether oxygens (including phenoxy) is 2. The lowest BCUT2D eigenvalue weighted by molar-refractivity contribution is 0.0509. The van der Waals surface area contributed by atoms with E-state index in [0.717, 1.165) is 0 Å². The summed E-state index contributed by atoms with van der Waals surface area (Å²) in [5, 5.41) is -0.0760. The molecular formula is C14H18O4S2. The molecule has 1 rings (SSSR count). The van der Waals surface area contributed by atoms with Gasteiger partial charge in [-0.05, 0) is 18.2 Å². The zero-order chi connectivity index (χ0) is 15.1. The van der Waals surface area contributed by atoms with Crippen molar-refractivity contribution in [2.75, 3.05) is 13.2 Å². The molecule has 4 nitrogen and oxygen atoms in total. The third-order valence-electron chi connectivity index (χ3n) is 2.25. The Kier molecular flexibility index (Phi) is 6.95. The molecule has 0 saturated carbocycles. The third kappa shape index (κ3) is 5.88. The average molecular weight is 314 g/mol. The highest BCUT2D eigenvalue weighted by molar-refractivity contribution is 7.81. The standard InChI is InChI=1S/C14H18O4S2/c1-9(19)7-17-13(15)11-4-3-5-12(6-11)14(16)18-8-10(2)20/h3-6,9-10,19-20H,7-8H2,1-2H3/t9-,10+. The fourth-order valence-corrected chi connectivity index (χ4v) is 1.48. The molecule has 6 heteroatoms. The van der Waals surface area contributed by atoms with Crippen LogP contribution in [-0.4, -0.2) is 35.7 Å². The van der Waals surface area contributed by atoms with Crippen LogP contribution in [0.4, 0.5) is 0 Å². The molecule has 1 aromatic carbocycles. The second-order valence-electron chi connectivity index (χ2n) is 4.48. The van der Waals surface area contributed by atoms with Gasteiger partial charge < -0.3 is 9.47 Å². The van der Waals surface area contributed by atoms with Gasteiger partial charge in [0.15, 0.2) is 0 Å². The lowest BCUT2D eigenvalue weighted by atomic mass is 10.1. The summed E-state index contributed by atoms with van der Waals surface area (Å²) in [5.41, 5.74) is 0.625. The molecule has 0 radical (unpaired) electrons. The number of carbonyl (C=O) groups excluding carboxylic acids is 2. The molecule has 0 spiro atoms. The maximum Gasteiger partial charge on any atom is 0.338 e. The Bertz CT molecular complexity index is 433. The van der Waals surface area contributed by atoms with Crippen LogP contribution in [0.15, 0.2) is 24.3 Å². The molecule has 2 atom stereocenters. The molecule has 0 aliphatic rings. The Morgan fingerprint density at radius 1 is 1.00 bits per heavy atom. The topological polar surface area (TPSA) is 52.6 Å². The maximum absolute atomic E-state index is 11.8. The quantitative estimate of drug-likeness (QED) is 0.626. The van der Waals surface area contributed by atoms with Gasteiger partial charge in [0.25, 0.3) is 0 Å². The Morgan fingerprint density at radius 3 is 1.75 bits per heavy atom. The second-order valence-corrected chi connectivity index (χ2v) is 6.24. The van der Waals surface area contributed by atoms with E-state index in [9.17, 15) is 9.59 Å². The van der Waals surface area contributed by atoms with Crippen LogP contribution in [0.2, 0.25) is 0 Å². The van der Waals surface area contributed by atoms with Gasteiger partial charge in [-0.2, -0.15) is 25.3 Å². The van der Waals surface area contributed by atoms with E-state index in [1.807, 2.05) is 13.8 Å². The first-order valence-electron chi connectivity index (χ1n) is 6.20. The Labute approximate surface area is 129 Å². The summed E-state index contributed by atoms with van der Waals surface area (Å²) in [6.07, 6.45) is 0. The van der Waals surface area contributed by atoms with Crippen LogP contribution in [0.25, 0.3) is 0 Å². The van der Waals surface area contributed by atoms with Crippen molar-refractivity contribution in [3.8, 4) is 0 Å². The van der Waals surface area contributed by atoms with Gasteiger partial charge in [0.1, 0.15) is 13.2 Å². The summed E-state index contributed by atoms with van der Waals surface area (Å²) in [7, 11) is 0. The molecule has 0 heterocycles. The second kappa shape index (κ2) is 8.21. The zero-order valence-corrected chi connectivity index (χ0v) is 13.2. The molecule has 0 unspecified atom stereocenters. The highest BCUT2D eigenvalue weighted by atomic mass is 32.1. The minimum absolute atomic E-state index is 0.0380. The van der Waals surface area contributed by atoms with Crippen molar-refractivity contribution in [2.45, 2.75) is 24.3 Å². The van der Waals surface area contributed by atoms with E-state index in [0.29, 0.717) is 11.1 Å². The Hall–Kier alpha value is -1.14. The molecule has 0 saturated heterocycles. The van der Waals surface area contributed by atoms with Crippen molar-refractivity contribution in [1.29, 1.82) is 0 Å². The van der Waals surface area contributed by atoms with E-state index in [2.05, 4.69) is 25.3 Å². The smallest absolute Gasteiger partial charge is 0.338 e. The summed E-state index contributed by atoms with van der Waals surface area (Å²) in [6, 6.07) is 6.24. The van der Waals surface area contributed by atoms with Gasteiger partial charge in [0.2, 0.25) is 0 Å². The van der Waals surface area contributed by atoms with Gasteiger partial charge >= 0.3 is 11.9 Å². The van der Waals surface area contributed by atoms with Crippen molar-refractivity contribution in [2.24, 2.45) is 0 Å². The van der Waals surface area contributed by atoms with Crippen molar-refractivity contribution in [3.05, 3.63) is 35.4 Å². The summed E-state index contributed by atoms with van der Waals surface area (Å²) >= 11 is 8.25. The number of benzene rings is 1. The number of hydrogen-bond donors (Lipinski definition) is 2. The van der Waals surface area contributed by atoms with Gasteiger partial charge in [-0.15, -0.1) is 0 Å². The van der Waals surface area contributed by atoms with Gasteiger partial charge in [0.05, 0.1) is 11.1 Å². The fraction of sp³-hybridized carbons (Fsp3) is 0.429. The first-order chi connectivity index (χ1) is 9.40. The minimum atomic E-state index is -0.483. The number of esters is 2. The molecule has 1 aromatic rings. The largest absolute Gasteiger partial charge is 0.461 e. The van der Waals surface area contributed by atoms with Crippen LogP contribution in [0.1, 0.15) is 34.6 Å². The molecule has 0 aliphatic heterocycles. The van der Waals surface area contributed by atoms with Crippen molar-refractivity contribution in [1.82, 2.24) is 0 Å². The predicted octanol–water partition coefficient (Wildman–Crippen LogP) is 2.64. The molecule has 0 bridgehead atoms. The first kappa shape index (κ1) is 16.9. The summed E-state index contributed by atoms with van der Waals surface area (Å²) in [4.78, 5) is 23.5. The minimum Gasteiger partial charge on any atom is -0.461 e. The van der Waals surface area contributed by atoms with Crippen LogP contribution < -0.4 is 0 Å². The lowest BCUT2D eigenvalue weighted by Gasteiger charge is -2.09. The number of carbonyl (C=O) groups is 2. The third-order valence-corrected chi connectivity index (χ3v) is 2.54. The van der Waals surface area contributed by atoms with Gasteiger partial charge in [-0.1, -0.05) is 19.9 Å². The van der Waals surface area contributed by atoms with Crippen LogP contribution in [0.5, 0.6) is 0 Å². The highest BCUT2D eigenvalue weighted by Crippen LogP contribution is 2.10. The van der Waals surface area contributed by atoms with E-state index in [1.165, 1.54) is 6.07 Å². The fourth-order valence-electron chi connectivity index (χ4n) is 1.33. The van der Waals surface area contributed by atoms with Crippen molar-refractivity contribution in [3.63, 3.8) is 0 Å². The monoisotopic (exact) mass is 314 g/mol. The van der Waals surface area contributed by atoms with Gasteiger partial charge in [-0.25, -0.2) is 9.59 Å². The molecule has 110 valence electrons. The van der Waals surface area contributed by atoms with Crippen LogP contribution in [0.3, 0.4) is 0 Å². The molecular weight excluding hydrogens is 296 g/mol. The van der Waals surface area contributed by atoms with E-state index in [-0.39, 0.29) is 23.7 Å². The van der Waals surface area contributed by atoms with E-state index >= 15 is 0 Å². The first-order valence-corrected chi connectivity index (χ1v) is 7.24. The molecule has 0 fully saturated rings. The van der Waals surface area contributed by atoms with E-state index < -0.39 is 11.9 Å². The maximum atomic E-state index is 11.8. The zero-order valence-electron chi connectivity index (χ0n) is 11.4. The number of rotatable bonds is 6. The molecule has 20 heavy (non-hydrogen) atoms. The Balaban J connectivity index is 2.70. The number of hydrogen-bond acceptors (Lipinski definition) is 6. The van der Waals surface area contributed by atoms with E-state index in [1.54, 1.807) is 18.2 Å². The van der Waals surface area contributed by atoms with Crippen LogP contribution in [0, 0.1) is 0 Å². The molecule has 0 aromatic heterocycles. The van der Waals surface area contributed by atoms with Crippen molar-refractivity contribution >= 4 is 37.2 Å².